The summed E-state index contributed by atoms with van der Waals surface area (Å²) in [6.07, 6.45) is 5.44. The first-order chi connectivity index (χ1) is 10.3. The van der Waals surface area contributed by atoms with Crippen molar-refractivity contribution in [2.24, 2.45) is 0 Å². The Morgan fingerprint density at radius 3 is 2.76 bits per heavy atom. The van der Waals surface area contributed by atoms with E-state index < -0.39 is 0 Å². The molecule has 0 saturated carbocycles. The molecule has 116 valence electrons. The Morgan fingerprint density at radius 2 is 2.00 bits per heavy atom. The van der Waals surface area contributed by atoms with Crippen LogP contribution < -0.4 is 10.2 Å². The second-order valence-corrected chi connectivity index (χ2v) is 6.66. The summed E-state index contributed by atoms with van der Waals surface area (Å²) in [7, 11) is 1.98. The van der Waals surface area contributed by atoms with Crippen LogP contribution in [0.25, 0.3) is 0 Å². The van der Waals surface area contributed by atoms with Crippen molar-refractivity contribution in [1.82, 2.24) is 10.2 Å². The molecule has 4 heteroatoms. The first kappa shape index (κ1) is 15.1. The van der Waals surface area contributed by atoms with Crippen LogP contribution in [0.1, 0.15) is 31.2 Å². The highest BCUT2D eigenvalue weighted by Gasteiger charge is 2.29. The molecular weight excluding hydrogens is 282 g/mol. The van der Waals surface area contributed by atoms with E-state index in [0.29, 0.717) is 0 Å². The molecule has 3 rings (SSSR count). The molecule has 1 aromatic carbocycles. The van der Waals surface area contributed by atoms with Crippen molar-refractivity contribution in [1.29, 1.82) is 0 Å². The van der Waals surface area contributed by atoms with E-state index in [1.54, 1.807) is 0 Å². The van der Waals surface area contributed by atoms with E-state index in [9.17, 15) is 0 Å². The van der Waals surface area contributed by atoms with E-state index >= 15 is 0 Å². The third-order valence-corrected chi connectivity index (χ3v) is 5.21. The summed E-state index contributed by atoms with van der Waals surface area (Å²) in [5, 5.41) is 4.12. The van der Waals surface area contributed by atoms with Gasteiger partial charge in [0.05, 0.1) is 0 Å². The van der Waals surface area contributed by atoms with Gasteiger partial charge in [-0.1, -0.05) is 24.1 Å². The Kier molecular flexibility index (Phi) is 5.04. The highest BCUT2D eigenvalue weighted by molar-refractivity contribution is 6.31. The van der Waals surface area contributed by atoms with Crippen LogP contribution in [0.2, 0.25) is 5.02 Å². The lowest BCUT2D eigenvalue weighted by molar-refractivity contribution is 0.175. The average molecular weight is 308 g/mol. The lowest BCUT2D eigenvalue weighted by Crippen LogP contribution is -2.41. The quantitative estimate of drug-likeness (QED) is 0.922. The minimum absolute atomic E-state index is 0.728. The Balaban J connectivity index is 1.72. The SMILES string of the molecule is CNCc1c(Cl)cccc1N1CCC(N2CCCCC2)C1. The van der Waals surface area contributed by atoms with Crippen molar-refractivity contribution in [2.75, 3.05) is 38.1 Å². The molecule has 1 atom stereocenters. The van der Waals surface area contributed by atoms with E-state index in [0.717, 1.165) is 30.7 Å². The third-order valence-electron chi connectivity index (χ3n) is 4.86. The number of piperidine rings is 1. The lowest BCUT2D eigenvalue weighted by Gasteiger charge is -2.32. The van der Waals surface area contributed by atoms with Crippen LogP contribution >= 0.6 is 11.6 Å². The number of rotatable bonds is 4. The normalized spacial score (nSPS) is 23.7. The minimum Gasteiger partial charge on any atom is -0.370 e. The smallest absolute Gasteiger partial charge is 0.0471 e. The molecule has 0 aromatic heterocycles. The molecule has 2 aliphatic rings. The molecule has 1 unspecified atom stereocenters. The van der Waals surface area contributed by atoms with Gasteiger partial charge < -0.3 is 10.2 Å². The zero-order valence-electron chi connectivity index (χ0n) is 12.9. The van der Waals surface area contributed by atoms with Crippen molar-refractivity contribution in [3.63, 3.8) is 0 Å². The zero-order chi connectivity index (χ0) is 14.7. The molecule has 2 heterocycles. The van der Waals surface area contributed by atoms with Crippen molar-refractivity contribution >= 4 is 17.3 Å². The fourth-order valence-electron chi connectivity index (χ4n) is 3.74. The molecular formula is C17H26ClN3. The molecule has 0 aliphatic carbocycles. The fourth-order valence-corrected chi connectivity index (χ4v) is 3.97. The minimum atomic E-state index is 0.728. The second kappa shape index (κ2) is 6.99. The summed E-state index contributed by atoms with van der Waals surface area (Å²) >= 11 is 6.39. The van der Waals surface area contributed by atoms with Gasteiger partial charge in [-0.05, 0) is 51.5 Å². The maximum Gasteiger partial charge on any atom is 0.0471 e. The molecule has 1 aromatic rings. The van der Waals surface area contributed by atoms with Gasteiger partial charge in [0, 0.05) is 41.9 Å². The van der Waals surface area contributed by atoms with Crippen LogP contribution in [0.3, 0.4) is 0 Å². The van der Waals surface area contributed by atoms with Crippen molar-refractivity contribution in [2.45, 2.75) is 38.3 Å². The Morgan fingerprint density at radius 1 is 1.19 bits per heavy atom. The molecule has 2 saturated heterocycles. The first-order valence-corrected chi connectivity index (χ1v) is 8.58. The summed E-state index contributed by atoms with van der Waals surface area (Å²) in [5.74, 6) is 0. The Hall–Kier alpha value is -0.770. The monoisotopic (exact) mass is 307 g/mol. The fraction of sp³-hybridized carbons (Fsp3) is 0.647. The molecule has 0 radical (unpaired) electrons. The summed E-state index contributed by atoms with van der Waals surface area (Å²) in [4.78, 5) is 5.23. The molecule has 0 amide bonds. The van der Waals surface area contributed by atoms with Gasteiger partial charge in [-0.25, -0.2) is 0 Å². The van der Waals surface area contributed by atoms with Gasteiger partial charge in [0.15, 0.2) is 0 Å². The molecule has 2 fully saturated rings. The summed E-state index contributed by atoms with van der Waals surface area (Å²) in [6, 6.07) is 7.02. The topological polar surface area (TPSA) is 18.5 Å². The summed E-state index contributed by atoms with van der Waals surface area (Å²) in [5.41, 5.74) is 2.55. The average Bonchev–Trinajstić information content (AvgIpc) is 3.00. The number of hydrogen-bond donors (Lipinski definition) is 1. The van der Waals surface area contributed by atoms with Crippen LogP contribution in [0.15, 0.2) is 18.2 Å². The zero-order valence-corrected chi connectivity index (χ0v) is 13.7. The third kappa shape index (κ3) is 3.36. The van der Waals surface area contributed by atoms with Gasteiger partial charge in [-0.2, -0.15) is 0 Å². The van der Waals surface area contributed by atoms with Gasteiger partial charge >= 0.3 is 0 Å². The summed E-state index contributed by atoms with van der Waals surface area (Å²) in [6.45, 7) is 5.71. The van der Waals surface area contributed by atoms with E-state index in [1.807, 2.05) is 13.1 Å². The van der Waals surface area contributed by atoms with E-state index in [-0.39, 0.29) is 0 Å². The second-order valence-electron chi connectivity index (χ2n) is 6.25. The van der Waals surface area contributed by atoms with Crippen molar-refractivity contribution < 1.29 is 0 Å². The lowest BCUT2D eigenvalue weighted by atomic mass is 10.1. The van der Waals surface area contributed by atoms with Crippen LogP contribution in [-0.2, 0) is 6.54 Å². The van der Waals surface area contributed by atoms with Gasteiger partial charge in [0.1, 0.15) is 0 Å². The summed E-state index contributed by atoms with van der Waals surface area (Å²) < 4.78 is 0. The number of nitrogens with zero attached hydrogens (tertiary/aromatic N) is 2. The molecule has 21 heavy (non-hydrogen) atoms. The van der Waals surface area contributed by atoms with E-state index in [4.69, 9.17) is 11.6 Å². The van der Waals surface area contributed by atoms with Gasteiger partial charge in [0.2, 0.25) is 0 Å². The number of hydrogen-bond acceptors (Lipinski definition) is 3. The van der Waals surface area contributed by atoms with Crippen molar-refractivity contribution in [3.8, 4) is 0 Å². The number of nitrogens with one attached hydrogen (secondary N) is 1. The number of likely N-dealkylation sites (tertiary alicyclic amines) is 1. The number of benzene rings is 1. The van der Waals surface area contributed by atoms with Gasteiger partial charge in [-0.3, -0.25) is 4.90 Å². The van der Waals surface area contributed by atoms with Crippen LogP contribution in [0.4, 0.5) is 5.69 Å². The Labute approximate surface area is 133 Å². The predicted octanol–water partition coefficient (Wildman–Crippen LogP) is 3.12. The standard InChI is InChI=1S/C17H26ClN3/c1-19-12-15-16(18)6-5-7-17(15)21-11-8-14(13-21)20-9-3-2-4-10-20/h5-7,14,19H,2-4,8-13H2,1H3. The first-order valence-electron chi connectivity index (χ1n) is 8.20. The predicted molar refractivity (Wildman–Crippen MR) is 90.3 cm³/mol. The Bertz CT molecular complexity index is 471. The molecule has 1 N–H and O–H groups in total. The van der Waals surface area contributed by atoms with E-state index in [1.165, 1.54) is 50.0 Å². The van der Waals surface area contributed by atoms with Gasteiger partial charge in [-0.15, -0.1) is 0 Å². The van der Waals surface area contributed by atoms with Gasteiger partial charge in [0.25, 0.3) is 0 Å². The highest BCUT2D eigenvalue weighted by atomic mass is 35.5. The molecule has 2 aliphatic heterocycles. The molecule has 0 bridgehead atoms. The van der Waals surface area contributed by atoms with Crippen LogP contribution in [0, 0.1) is 0 Å². The molecule has 0 spiro atoms. The van der Waals surface area contributed by atoms with E-state index in [2.05, 4.69) is 27.2 Å². The largest absolute Gasteiger partial charge is 0.370 e. The molecule has 3 nitrogen and oxygen atoms in total. The number of halogens is 1. The van der Waals surface area contributed by atoms with Crippen LogP contribution in [0.5, 0.6) is 0 Å². The van der Waals surface area contributed by atoms with Crippen LogP contribution in [-0.4, -0.2) is 44.2 Å². The maximum absolute atomic E-state index is 6.39. The van der Waals surface area contributed by atoms with Crippen molar-refractivity contribution in [3.05, 3.63) is 28.8 Å². The number of anilines is 1. The highest BCUT2D eigenvalue weighted by Crippen LogP contribution is 2.31. The maximum atomic E-state index is 6.39.